The van der Waals surface area contributed by atoms with Crippen molar-refractivity contribution in [2.24, 2.45) is 0 Å². The standard InChI is InChI=1S/C26H27N3O/c1-2-9-22(10-3-1)30-23-15-13-20(14-16-23)26-28-24-11-4-5-12-25(24)29(26)19-17-21-8-6-7-18-27-21/h1-5,9-16,21,27H,6-8,17-19H2. The quantitative estimate of drug-likeness (QED) is 0.432. The highest BCUT2D eigenvalue weighted by atomic mass is 16.5. The Labute approximate surface area is 177 Å². The van der Waals surface area contributed by atoms with Gasteiger partial charge in [0.1, 0.15) is 17.3 Å². The molecule has 0 saturated carbocycles. The Morgan fingerprint density at radius 2 is 1.63 bits per heavy atom. The van der Waals surface area contributed by atoms with Crippen molar-refractivity contribution in [3.05, 3.63) is 78.9 Å². The third-order valence-corrected chi connectivity index (χ3v) is 5.86. The number of nitrogens with zero attached hydrogens (tertiary/aromatic N) is 2. The van der Waals surface area contributed by atoms with E-state index in [0.717, 1.165) is 47.9 Å². The van der Waals surface area contributed by atoms with Gasteiger partial charge in [0.05, 0.1) is 11.0 Å². The molecule has 3 aromatic carbocycles. The lowest BCUT2D eigenvalue weighted by Gasteiger charge is -2.24. The molecule has 0 aliphatic carbocycles. The van der Waals surface area contributed by atoms with E-state index in [2.05, 4.69) is 46.3 Å². The van der Waals surface area contributed by atoms with Crippen molar-refractivity contribution in [2.75, 3.05) is 6.54 Å². The van der Waals surface area contributed by atoms with E-state index < -0.39 is 0 Å². The molecule has 30 heavy (non-hydrogen) atoms. The minimum absolute atomic E-state index is 0.606. The van der Waals surface area contributed by atoms with E-state index in [0.29, 0.717) is 6.04 Å². The number of rotatable bonds is 6. The first-order valence-corrected chi connectivity index (χ1v) is 10.9. The third kappa shape index (κ3) is 4.10. The van der Waals surface area contributed by atoms with Gasteiger partial charge in [0, 0.05) is 18.2 Å². The molecule has 0 spiro atoms. The van der Waals surface area contributed by atoms with Gasteiger partial charge in [-0.2, -0.15) is 0 Å². The first kappa shape index (κ1) is 18.9. The Kier molecular flexibility index (Phi) is 5.49. The van der Waals surface area contributed by atoms with Crippen molar-refractivity contribution < 1.29 is 4.74 Å². The van der Waals surface area contributed by atoms with E-state index in [9.17, 15) is 0 Å². The number of hydrogen-bond acceptors (Lipinski definition) is 3. The minimum atomic E-state index is 0.606. The molecule has 1 aliphatic rings. The van der Waals surface area contributed by atoms with Gasteiger partial charge in [0.15, 0.2) is 0 Å². The number of piperidine rings is 1. The maximum Gasteiger partial charge on any atom is 0.141 e. The van der Waals surface area contributed by atoms with Crippen LogP contribution in [-0.2, 0) is 6.54 Å². The summed E-state index contributed by atoms with van der Waals surface area (Å²) in [5.41, 5.74) is 3.37. The van der Waals surface area contributed by atoms with Crippen LogP contribution in [0.3, 0.4) is 0 Å². The Hall–Kier alpha value is -3.11. The molecule has 1 aliphatic heterocycles. The second-order valence-corrected chi connectivity index (χ2v) is 7.95. The summed E-state index contributed by atoms with van der Waals surface area (Å²) in [5, 5.41) is 3.67. The van der Waals surface area contributed by atoms with Crippen LogP contribution in [0.2, 0.25) is 0 Å². The lowest BCUT2D eigenvalue weighted by atomic mass is 10.0. The fourth-order valence-electron chi connectivity index (χ4n) is 4.27. The normalized spacial score (nSPS) is 16.6. The molecule has 0 bridgehead atoms. The van der Waals surface area contributed by atoms with Crippen LogP contribution in [0.5, 0.6) is 11.5 Å². The van der Waals surface area contributed by atoms with Gasteiger partial charge in [-0.15, -0.1) is 0 Å². The molecule has 5 rings (SSSR count). The molecule has 1 unspecified atom stereocenters. The zero-order valence-electron chi connectivity index (χ0n) is 17.1. The molecular formula is C26H27N3O. The SMILES string of the molecule is c1ccc(Oc2ccc(-c3nc4ccccc4n3CCC3CCCCN3)cc2)cc1. The van der Waals surface area contributed by atoms with Crippen LogP contribution in [0.1, 0.15) is 25.7 Å². The summed E-state index contributed by atoms with van der Waals surface area (Å²) < 4.78 is 8.32. The number of nitrogens with one attached hydrogen (secondary N) is 1. The number of ether oxygens (including phenoxy) is 1. The number of fused-ring (bicyclic) bond motifs is 1. The average molecular weight is 398 g/mol. The minimum Gasteiger partial charge on any atom is -0.457 e. The van der Waals surface area contributed by atoms with Crippen molar-refractivity contribution in [3.8, 4) is 22.9 Å². The Morgan fingerprint density at radius 3 is 2.43 bits per heavy atom. The fourth-order valence-corrected chi connectivity index (χ4v) is 4.27. The lowest BCUT2D eigenvalue weighted by Crippen LogP contribution is -2.34. The van der Waals surface area contributed by atoms with Crippen molar-refractivity contribution in [1.29, 1.82) is 0 Å². The van der Waals surface area contributed by atoms with Crippen LogP contribution in [-0.4, -0.2) is 22.1 Å². The molecule has 1 saturated heterocycles. The van der Waals surface area contributed by atoms with E-state index in [1.807, 2.05) is 42.5 Å². The number of hydrogen-bond donors (Lipinski definition) is 1. The van der Waals surface area contributed by atoms with E-state index >= 15 is 0 Å². The Bertz CT molecular complexity index is 1100. The monoisotopic (exact) mass is 397 g/mol. The highest BCUT2D eigenvalue weighted by Gasteiger charge is 2.16. The molecule has 0 radical (unpaired) electrons. The summed E-state index contributed by atoms with van der Waals surface area (Å²) in [7, 11) is 0. The first-order chi connectivity index (χ1) is 14.9. The molecule has 4 nitrogen and oxygen atoms in total. The molecule has 4 aromatic rings. The summed E-state index contributed by atoms with van der Waals surface area (Å²) in [6.45, 7) is 2.11. The summed E-state index contributed by atoms with van der Waals surface area (Å²) >= 11 is 0. The van der Waals surface area contributed by atoms with Gasteiger partial charge in [0.25, 0.3) is 0 Å². The van der Waals surface area contributed by atoms with Crippen molar-refractivity contribution in [1.82, 2.24) is 14.9 Å². The summed E-state index contributed by atoms with van der Waals surface area (Å²) in [4.78, 5) is 4.96. The Morgan fingerprint density at radius 1 is 0.867 bits per heavy atom. The zero-order chi connectivity index (χ0) is 20.2. The second-order valence-electron chi connectivity index (χ2n) is 7.95. The molecule has 0 amide bonds. The summed E-state index contributed by atoms with van der Waals surface area (Å²) in [5.74, 6) is 2.70. The van der Waals surface area contributed by atoms with E-state index in [1.165, 1.54) is 24.8 Å². The number of imidazole rings is 1. The van der Waals surface area contributed by atoms with Crippen LogP contribution >= 0.6 is 0 Å². The highest BCUT2D eigenvalue weighted by Crippen LogP contribution is 2.29. The molecule has 152 valence electrons. The van der Waals surface area contributed by atoms with Crippen LogP contribution in [0.15, 0.2) is 78.9 Å². The van der Waals surface area contributed by atoms with Gasteiger partial charge in [-0.3, -0.25) is 0 Å². The topological polar surface area (TPSA) is 39.1 Å². The maximum atomic E-state index is 5.95. The first-order valence-electron chi connectivity index (χ1n) is 10.9. The van der Waals surface area contributed by atoms with Crippen LogP contribution in [0.4, 0.5) is 0 Å². The maximum absolute atomic E-state index is 5.95. The van der Waals surface area contributed by atoms with Gasteiger partial charge in [-0.05, 0) is 74.3 Å². The van der Waals surface area contributed by atoms with E-state index in [1.54, 1.807) is 0 Å². The largest absolute Gasteiger partial charge is 0.457 e. The van der Waals surface area contributed by atoms with Gasteiger partial charge < -0.3 is 14.6 Å². The number of para-hydroxylation sites is 3. The van der Waals surface area contributed by atoms with E-state index in [-0.39, 0.29) is 0 Å². The predicted octanol–water partition coefficient (Wildman–Crippen LogP) is 6.03. The molecule has 2 heterocycles. The molecule has 1 fully saturated rings. The van der Waals surface area contributed by atoms with Crippen molar-refractivity contribution in [3.63, 3.8) is 0 Å². The zero-order valence-corrected chi connectivity index (χ0v) is 17.1. The smallest absolute Gasteiger partial charge is 0.141 e. The van der Waals surface area contributed by atoms with Crippen LogP contribution in [0, 0.1) is 0 Å². The molecule has 1 atom stereocenters. The number of aromatic nitrogens is 2. The average Bonchev–Trinajstić information content (AvgIpc) is 3.18. The summed E-state index contributed by atoms with van der Waals surface area (Å²) in [6.07, 6.45) is 5.03. The highest BCUT2D eigenvalue weighted by molar-refractivity contribution is 5.80. The molecule has 1 aromatic heterocycles. The van der Waals surface area contributed by atoms with Gasteiger partial charge >= 0.3 is 0 Å². The molecular weight excluding hydrogens is 370 g/mol. The lowest BCUT2D eigenvalue weighted by molar-refractivity contribution is 0.368. The number of benzene rings is 3. The van der Waals surface area contributed by atoms with Crippen LogP contribution in [0.25, 0.3) is 22.4 Å². The summed E-state index contributed by atoms with van der Waals surface area (Å²) in [6, 6.07) is 27.2. The van der Waals surface area contributed by atoms with Crippen molar-refractivity contribution >= 4 is 11.0 Å². The fraction of sp³-hybridized carbons (Fsp3) is 0.269. The molecule has 1 N–H and O–H groups in total. The van der Waals surface area contributed by atoms with Crippen LogP contribution < -0.4 is 10.1 Å². The van der Waals surface area contributed by atoms with E-state index in [4.69, 9.17) is 9.72 Å². The predicted molar refractivity (Wildman–Crippen MR) is 122 cm³/mol. The van der Waals surface area contributed by atoms with Crippen molar-refractivity contribution in [2.45, 2.75) is 38.3 Å². The number of aryl methyl sites for hydroxylation is 1. The second kappa shape index (κ2) is 8.72. The van der Waals surface area contributed by atoms with Gasteiger partial charge in [-0.25, -0.2) is 4.98 Å². The Balaban J connectivity index is 1.41. The molecule has 4 heteroatoms. The third-order valence-electron chi connectivity index (χ3n) is 5.86. The van der Waals surface area contributed by atoms with Gasteiger partial charge in [-0.1, -0.05) is 36.8 Å². The van der Waals surface area contributed by atoms with Gasteiger partial charge in [0.2, 0.25) is 0 Å².